The number of hydrogen-bond acceptors (Lipinski definition) is 6. The molecular weight excluding hydrogens is 324 g/mol. The number of likely N-dealkylation sites (tertiary alicyclic amines) is 1. The minimum absolute atomic E-state index is 0.0127. The van der Waals surface area contributed by atoms with Gasteiger partial charge in [0.15, 0.2) is 0 Å². The molecule has 2 aromatic rings. The second kappa shape index (κ2) is 6.58. The number of hydrogen-bond donors (Lipinski definition) is 0. The Balaban J connectivity index is 1.47. The highest BCUT2D eigenvalue weighted by atomic mass is 32.1. The average Bonchev–Trinajstić information content (AvgIpc) is 3.22. The van der Waals surface area contributed by atoms with Gasteiger partial charge in [0.1, 0.15) is 5.69 Å². The summed E-state index contributed by atoms with van der Waals surface area (Å²) in [4.78, 5) is 25.5. The molecule has 2 aliphatic rings. The van der Waals surface area contributed by atoms with Crippen molar-refractivity contribution in [2.75, 3.05) is 26.2 Å². The normalized spacial score (nSPS) is 24.1. The second-order valence-electron chi connectivity index (χ2n) is 6.27. The van der Waals surface area contributed by atoms with Crippen molar-refractivity contribution in [3.63, 3.8) is 0 Å². The van der Waals surface area contributed by atoms with Gasteiger partial charge in [-0.2, -0.15) is 0 Å². The highest BCUT2D eigenvalue weighted by Crippen LogP contribution is 2.26. The Kier molecular flexibility index (Phi) is 4.30. The molecule has 2 fully saturated rings. The predicted molar refractivity (Wildman–Crippen MR) is 90.9 cm³/mol. The lowest BCUT2D eigenvalue weighted by molar-refractivity contribution is -0.0503. The van der Waals surface area contributed by atoms with Gasteiger partial charge >= 0.3 is 0 Å². The molecule has 0 unspecified atom stereocenters. The van der Waals surface area contributed by atoms with Crippen molar-refractivity contribution in [3.8, 4) is 0 Å². The van der Waals surface area contributed by atoms with E-state index >= 15 is 0 Å². The molecule has 0 aliphatic carbocycles. The SMILES string of the molecule is Cc1nc(C(=O)N2C[C@@H]3OCCN(Cc4cccnc4)[C@@H]3C2)cs1. The Morgan fingerprint density at radius 1 is 1.46 bits per heavy atom. The monoisotopic (exact) mass is 344 g/mol. The molecule has 0 N–H and O–H groups in total. The summed E-state index contributed by atoms with van der Waals surface area (Å²) < 4.78 is 5.92. The van der Waals surface area contributed by atoms with Crippen molar-refractivity contribution in [2.45, 2.75) is 25.6 Å². The Morgan fingerprint density at radius 2 is 2.38 bits per heavy atom. The second-order valence-corrected chi connectivity index (χ2v) is 7.33. The molecule has 2 aliphatic heterocycles. The largest absolute Gasteiger partial charge is 0.373 e. The summed E-state index contributed by atoms with van der Waals surface area (Å²) in [6.07, 6.45) is 3.77. The fourth-order valence-electron chi connectivity index (χ4n) is 3.47. The molecule has 6 nitrogen and oxygen atoms in total. The van der Waals surface area contributed by atoms with Crippen LogP contribution in [0.1, 0.15) is 21.1 Å². The van der Waals surface area contributed by atoms with E-state index in [4.69, 9.17) is 4.74 Å². The number of morpholine rings is 1. The summed E-state index contributed by atoms with van der Waals surface area (Å²) in [6, 6.07) is 4.29. The molecule has 7 heteroatoms. The Morgan fingerprint density at radius 3 is 3.12 bits per heavy atom. The number of thiazole rings is 1. The van der Waals surface area contributed by atoms with Crippen molar-refractivity contribution >= 4 is 17.2 Å². The number of aryl methyl sites for hydroxylation is 1. The van der Waals surface area contributed by atoms with Crippen LogP contribution in [0.4, 0.5) is 0 Å². The van der Waals surface area contributed by atoms with E-state index in [9.17, 15) is 4.79 Å². The van der Waals surface area contributed by atoms with E-state index in [0.717, 1.165) is 18.1 Å². The number of nitrogens with zero attached hydrogens (tertiary/aromatic N) is 4. The van der Waals surface area contributed by atoms with Crippen molar-refractivity contribution < 1.29 is 9.53 Å². The molecule has 4 rings (SSSR count). The Bertz CT molecular complexity index is 720. The van der Waals surface area contributed by atoms with Gasteiger partial charge < -0.3 is 9.64 Å². The van der Waals surface area contributed by atoms with E-state index < -0.39 is 0 Å². The van der Waals surface area contributed by atoms with E-state index in [1.54, 1.807) is 6.20 Å². The zero-order valence-corrected chi connectivity index (χ0v) is 14.4. The van der Waals surface area contributed by atoms with Crippen molar-refractivity contribution in [1.82, 2.24) is 19.8 Å². The van der Waals surface area contributed by atoms with Crippen LogP contribution in [0.5, 0.6) is 0 Å². The van der Waals surface area contributed by atoms with Crippen LogP contribution in [-0.4, -0.2) is 64.1 Å². The summed E-state index contributed by atoms with van der Waals surface area (Å²) in [5.41, 5.74) is 1.74. The molecule has 2 aromatic heterocycles. The predicted octanol–water partition coefficient (Wildman–Crippen LogP) is 1.57. The van der Waals surface area contributed by atoms with Crippen LogP contribution in [0.3, 0.4) is 0 Å². The van der Waals surface area contributed by atoms with Gasteiger partial charge in [-0.15, -0.1) is 11.3 Å². The first-order valence-electron chi connectivity index (χ1n) is 8.16. The summed E-state index contributed by atoms with van der Waals surface area (Å²) >= 11 is 1.51. The molecule has 4 heterocycles. The number of fused-ring (bicyclic) bond motifs is 1. The lowest BCUT2D eigenvalue weighted by Crippen LogP contribution is -2.50. The quantitative estimate of drug-likeness (QED) is 0.846. The number of ether oxygens (including phenoxy) is 1. The zero-order valence-electron chi connectivity index (χ0n) is 13.6. The highest BCUT2D eigenvalue weighted by molar-refractivity contribution is 7.09. The maximum atomic E-state index is 12.7. The molecule has 0 saturated carbocycles. The third-order valence-electron chi connectivity index (χ3n) is 4.65. The van der Waals surface area contributed by atoms with Gasteiger partial charge in [-0.3, -0.25) is 14.7 Å². The minimum atomic E-state index is 0.0127. The fourth-order valence-corrected chi connectivity index (χ4v) is 4.06. The minimum Gasteiger partial charge on any atom is -0.373 e. The van der Waals surface area contributed by atoms with Gasteiger partial charge in [0.25, 0.3) is 5.91 Å². The average molecular weight is 344 g/mol. The molecule has 2 saturated heterocycles. The third-order valence-corrected chi connectivity index (χ3v) is 5.42. The maximum absolute atomic E-state index is 12.7. The van der Waals surface area contributed by atoms with E-state index in [-0.39, 0.29) is 18.1 Å². The standard InChI is InChI=1S/C17H20N4O2S/c1-12-19-14(11-24-12)17(22)21-9-15-16(10-21)23-6-5-20(15)8-13-3-2-4-18-7-13/h2-4,7,11,15-16H,5-6,8-10H2,1H3/t15-,16+/m1/s1. The fraction of sp³-hybridized carbons (Fsp3) is 0.471. The molecule has 0 spiro atoms. The molecular formula is C17H20N4O2S. The molecule has 0 radical (unpaired) electrons. The molecule has 2 atom stereocenters. The van der Waals surface area contributed by atoms with Crippen LogP contribution in [0.25, 0.3) is 0 Å². The van der Waals surface area contributed by atoms with Crippen molar-refractivity contribution in [1.29, 1.82) is 0 Å². The van der Waals surface area contributed by atoms with E-state index in [1.807, 2.05) is 29.5 Å². The van der Waals surface area contributed by atoms with Crippen LogP contribution in [0.2, 0.25) is 0 Å². The third kappa shape index (κ3) is 3.07. The van der Waals surface area contributed by atoms with Gasteiger partial charge in [0.2, 0.25) is 0 Å². The van der Waals surface area contributed by atoms with Gasteiger partial charge in [-0.1, -0.05) is 6.07 Å². The van der Waals surface area contributed by atoms with Gasteiger partial charge in [-0.25, -0.2) is 4.98 Å². The Hall–Kier alpha value is -1.83. The van der Waals surface area contributed by atoms with E-state index in [2.05, 4.69) is 20.9 Å². The van der Waals surface area contributed by atoms with Gasteiger partial charge in [0, 0.05) is 44.0 Å². The van der Waals surface area contributed by atoms with Gasteiger partial charge in [0.05, 0.1) is 23.8 Å². The Labute approximate surface area is 145 Å². The lowest BCUT2D eigenvalue weighted by Gasteiger charge is -2.36. The van der Waals surface area contributed by atoms with Crippen LogP contribution in [0.15, 0.2) is 29.9 Å². The van der Waals surface area contributed by atoms with Crippen LogP contribution in [-0.2, 0) is 11.3 Å². The smallest absolute Gasteiger partial charge is 0.273 e. The molecule has 1 amide bonds. The van der Waals surface area contributed by atoms with Crippen molar-refractivity contribution in [2.24, 2.45) is 0 Å². The topological polar surface area (TPSA) is 58.6 Å². The number of aromatic nitrogens is 2. The van der Waals surface area contributed by atoms with E-state index in [1.165, 1.54) is 16.9 Å². The number of carbonyl (C=O) groups is 1. The maximum Gasteiger partial charge on any atom is 0.273 e. The molecule has 126 valence electrons. The summed E-state index contributed by atoms with van der Waals surface area (Å²) in [5.74, 6) is 0.0127. The molecule has 0 aromatic carbocycles. The zero-order chi connectivity index (χ0) is 16.5. The van der Waals surface area contributed by atoms with Crippen LogP contribution < -0.4 is 0 Å². The molecule has 24 heavy (non-hydrogen) atoms. The first-order chi connectivity index (χ1) is 11.7. The summed E-state index contributed by atoms with van der Waals surface area (Å²) in [7, 11) is 0. The van der Waals surface area contributed by atoms with Crippen molar-refractivity contribution in [3.05, 3.63) is 46.2 Å². The van der Waals surface area contributed by atoms with Crippen LogP contribution in [0, 0.1) is 6.92 Å². The lowest BCUT2D eigenvalue weighted by atomic mass is 10.1. The number of pyridine rings is 1. The molecule has 0 bridgehead atoms. The first-order valence-corrected chi connectivity index (χ1v) is 9.04. The first kappa shape index (κ1) is 15.7. The van der Waals surface area contributed by atoms with Crippen LogP contribution >= 0.6 is 11.3 Å². The summed E-state index contributed by atoms with van der Waals surface area (Å²) in [6.45, 7) is 5.69. The number of amides is 1. The number of rotatable bonds is 3. The number of carbonyl (C=O) groups excluding carboxylic acids is 1. The van der Waals surface area contributed by atoms with Gasteiger partial charge in [-0.05, 0) is 18.6 Å². The highest BCUT2D eigenvalue weighted by Gasteiger charge is 2.42. The summed E-state index contributed by atoms with van der Waals surface area (Å²) in [5, 5.41) is 2.76. The van der Waals surface area contributed by atoms with E-state index in [0.29, 0.717) is 25.4 Å².